The molecule has 0 aromatic heterocycles. The third-order valence-electron chi connectivity index (χ3n) is 4.36. The Bertz CT molecular complexity index is 1030. The summed E-state index contributed by atoms with van der Waals surface area (Å²) in [6, 6.07) is 11.4. The molecule has 1 saturated heterocycles. The van der Waals surface area contributed by atoms with Crippen molar-refractivity contribution in [3.05, 3.63) is 57.6 Å². The van der Waals surface area contributed by atoms with E-state index in [0.29, 0.717) is 22.2 Å². The Balaban J connectivity index is 1.76. The van der Waals surface area contributed by atoms with Crippen LogP contribution in [-0.2, 0) is 9.59 Å². The van der Waals surface area contributed by atoms with Gasteiger partial charge in [-0.15, -0.1) is 10.2 Å². The number of carbonyl (C=O) groups is 2. The predicted octanol–water partition coefficient (Wildman–Crippen LogP) is 3.86. The topological polar surface area (TPSA) is 74.1 Å². The molecule has 2 amide bonds. The number of hydrogen-bond donors (Lipinski definition) is 1. The molecule has 0 aliphatic carbocycles. The number of amides is 2. The first kappa shape index (κ1) is 17.9. The van der Waals surface area contributed by atoms with Crippen molar-refractivity contribution >= 4 is 61.8 Å². The maximum Gasteiger partial charge on any atom is 0.276 e. The van der Waals surface area contributed by atoms with Crippen molar-refractivity contribution in [1.29, 1.82) is 0 Å². The van der Waals surface area contributed by atoms with Crippen molar-refractivity contribution in [2.75, 3.05) is 16.0 Å². The lowest BCUT2D eigenvalue weighted by atomic mass is 10.1. The van der Waals surface area contributed by atoms with Crippen LogP contribution in [0.1, 0.15) is 16.7 Å². The lowest BCUT2D eigenvalue weighted by Gasteiger charge is -2.20. The number of benzene rings is 2. The van der Waals surface area contributed by atoms with E-state index in [0.717, 1.165) is 21.3 Å². The van der Waals surface area contributed by atoms with Crippen molar-refractivity contribution in [1.82, 2.24) is 0 Å². The van der Waals surface area contributed by atoms with Gasteiger partial charge in [-0.1, -0.05) is 45.9 Å². The smallest absolute Gasteiger partial charge is 0.276 e. The van der Waals surface area contributed by atoms with Gasteiger partial charge in [-0.3, -0.25) is 14.5 Å². The van der Waals surface area contributed by atoms with Crippen LogP contribution in [0.5, 0.6) is 0 Å². The molecular weight excluding hydrogens is 428 g/mol. The van der Waals surface area contributed by atoms with Gasteiger partial charge in [-0.2, -0.15) is 0 Å². The SMILES string of the molecule is Cc1cccc(C)c1N1C(=O)CSC1=NN=C1C(=O)Nc2ccc(Br)cc21. The van der Waals surface area contributed by atoms with Gasteiger partial charge in [0.25, 0.3) is 5.91 Å². The van der Waals surface area contributed by atoms with E-state index in [1.165, 1.54) is 11.8 Å². The summed E-state index contributed by atoms with van der Waals surface area (Å²) >= 11 is 4.72. The molecule has 27 heavy (non-hydrogen) atoms. The normalized spacial score (nSPS) is 19.1. The van der Waals surface area contributed by atoms with Gasteiger partial charge in [0, 0.05) is 10.0 Å². The number of nitrogens with one attached hydrogen (secondary N) is 1. The van der Waals surface area contributed by atoms with E-state index in [9.17, 15) is 9.59 Å². The average Bonchev–Trinajstić information content (AvgIpc) is 3.13. The quantitative estimate of drug-likeness (QED) is 0.717. The zero-order valence-electron chi connectivity index (χ0n) is 14.6. The van der Waals surface area contributed by atoms with Gasteiger partial charge < -0.3 is 5.32 Å². The van der Waals surface area contributed by atoms with Gasteiger partial charge in [0.15, 0.2) is 10.9 Å². The van der Waals surface area contributed by atoms with Gasteiger partial charge in [-0.05, 0) is 43.2 Å². The molecule has 136 valence electrons. The standard InChI is InChI=1S/C19H15BrN4O2S/c1-10-4-3-5-11(2)17(10)24-15(25)9-27-19(24)23-22-16-13-8-12(20)6-7-14(13)21-18(16)26/h3-8H,9H2,1-2H3,(H,21,22,26). The van der Waals surface area contributed by atoms with E-state index in [1.54, 1.807) is 4.90 Å². The molecule has 0 bridgehead atoms. The molecular formula is C19H15BrN4O2S. The number of aryl methyl sites for hydroxylation is 2. The van der Waals surface area contributed by atoms with Crippen LogP contribution >= 0.6 is 27.7 Å². The first-order valence-electron chi connectivity index (χ1n) is 8.24. The molecule has 8 heteroatoms. The molecule has 4 rings (SSSR count). The molecule has 2 aliphatic rings. The molecule has 1 fully saturated rings. The van der Waals surface area contributed by atoms with Crippen LogP contribution in [0.2, 0.25) is 0 Å². The number of para-hydroxylation sites is 1. The zero-order chi connectivity index (χ0) is 19.1. The summed E-state index contributed by atoms with van der Waals surface area (Å²) < 4.78 is 0.848. The largest absolute Gasteiger partial charge is 0.320 e. The fourth-order valence-corrected chi connectivity index (χ4v) is 4.30. The highest BCUT2D eigenvalue weighted by Crippen LogP contribution is 2.32. The summed E-state index contributed by atoms with van der Waals surface area (Å²) in [5.74, 6) is -0.0537. The minimum Gasteiger partial charge on any atom is -0.320 e. The van der Waals surface area contributed by atoms with Crippen molar-refractivity contribution in [3.8, 4) is 0 Å². The zero-order valence-corrected chi connectivity index (χ0v) is 17.0. The number of anilines is 2. The third-order valence-corrected chi connectivity index (χ3v) is 5.77. The Hall–Kier alpha value is -2.45. The monoisotopic (exact) mass is 442 g/mol. The molecule has 2 aromatic rings. The second-order valence-electron chi connectivity index (χ2n) is 6.23. The van der Waals surface area contributed by atoms with Gasteiger partial charge >= 0.3 is 0 Å². The van der Waals surface area contributed by atoms with Gasteiger partial charge in [0.1, 0.15) is 0 Å². The van der Waals surface area contributed by atoms with Crippen LogP contribution in [0.3, 0.4) is 0 Å². The van der Waals surface area contributed by atoms with Crippen LogP contribution < -0.4 is 10.2 Å². The molecule has 2 aromatic carbocycles. The molecule has 6 nitrogen and oxygen atoms in total. The molecule has 1 N–H and O–H groups in total. The van der Waals surface area contributed by atoms with E-state index in [-0.39, 0.29) is 17.5 Å². The molecule has 2 aliphatic heterocycles. The Morgan fingerprint density at radius 3 is 2.59 bits per heavy atom. The predicted molar refractivity (Wildman–Crippen MR) is 113 cm³/mol. The highest BCUT2D eigenvalue weighted by atomic mass is 79.9. The minimum atomic E-state index is -0.305. The van der Waals surface area contributed by atoms with Crippen molar-refractivity contribution < 1.29 is 9.59 Å². The molecule has 0 unspecified atom stereocenters. The fraction of sp³-hybridized carbons (Fsp3) is 0.158. The first-order chi connectivity index (χ1) is 13.0. The molecule has 0 atom stereocenters. The second-order valence-corrected chi connectivity index (χ2v) is 8.09. The van der Waals surface area contributed by atoms with Crippen LogP contribution in [0.25, 0.3) is 0 Å². The maximum atomic E-state index is 12.5. The lowest BCUT2D eigenvalue weighted by molar-refractivity contribution is -0.115. The summed E-state index contributed by atoms with van der Waals surface area (Å²) in [6.07, 6.45) is 0. The van der Waals surface area contributed by atoms with Gasteiger partial charge in [0.05, 0.1) is 17.1 Å². The number of thioether (sulfide) groups is 1. The number of halogens is 1. The Morgan fingerprint density at radius 2 is 1.85 bits per heavy atom. The van der Waals surface area contributed by atoms with E-state index in [4.69, 9.17) is 0 Å². The average molecular weight is 443 g/mol. The summed E-state index contributed by atoms with van der Waals surface area (Å²) in [5.41, 5.74) is 4.42. The van der Waals surface area contributed by atoms with Crippen LogP contribution in [-0.4, -0.2) is 28.4 Å². The highest BCUT2D eigenvalue weighted by Gasteiger charge is 2.32. The first-order valence-corrected chi connectivity index (χ1v) is 10.0. The number of carbonyl (C=O) groups excluding carboxylic acids is 2. The van der Waals surface area contributed by atoms with Crippen LogP contribution in [0.15, 0.2) is 51.1 Å². The molecule has 0 radical (unpaired) electrons. The Labute approximate surface area is 168 Å². The highest BCUT2D eigenvalue weighted by molar-refractivity contribution is 9.10. The van der Waals surface area contributed by atoms with E-state index in [2.05, 4.69) is 31.4 Å². The summed E-state index contributed by atoms with van der Waals surface area (Å²) in [5, 5.41) is 11.7. The molecule has 0 spiro atoms. The van der Waals surface area contributed by atoms with Crippen molar-refractivity contribution in [2.45, 2.75) is 13.8 Å². The van der Waals surface area contributed by atoms with E-state index >= 15 is 0 Å². The summed E-state index contributed by atoms with van der Waals surface area (Å²) in [6.45, 7) is 3.92. The second kappa shape index (κ2) is 6.94. The molecule has 0 saturated carbocycles. The third kappa shape index (κ3) is 3.19. The minimum absolute atomic E-state index is 0.0460. The fourth-order valence-electron chi connectivity index (χ4n) is 3.13. The lowest BCUT2D eigenvalue weighted by Crippen LogP contribution is -2.30. The van der Waals surface area contributed by atoms with E-state index < -0.39 is 0 Å². The summed E-state index contributed by atoms with van der Waals surface area (Å²) in [4.78, 5) is 26.3. The van der Waals surface area contributed by atoms with Crippen LogP contribution in [0, 0.1) is 13.8 Å². The Kier molecular flexibility index (Phi) is 4.61. The van der Waals surface area contributed by atoms with E-state index in [1.807, 2.05) is 50.2 Å². The maximum absolute atomic E-state index is 12.5. The van der Waals surface area contributed by atoms with Crippen molar-refractivity contribution in [3.63, 3.8) is 0 Å². The molecule has 2 heterocycles. The Morgan fingerprint density at radius 1 is 1.11 bits per heavy atom. The van der Waals surface area contributed by atoms with Gasteiger partial charge in [-0.25, -0.2) is 0 Å². The van der Waals surface area contributed by atoms with Gasteiger partial charge in [0.2, 0.25) is 5.91 Å². The number of hydrogen-bond acceptors (Lipinski definition) is 5. The van der Waals surface area contributed by atoms with Crippen molar-refractivity contribution in [2.24, 2.45) is 10.2 Å². The van der Waals surface area contributed by atoms with Crippen LogP contribution in [0.4, 0.5) is 11.4 Å². The number of nitrogens with zero attached hydrogens (tertiary/aromatic N) is 3. The number of fused-ring (bicyclic) bond motifs is 1. The number of rotatable bonds is 2. The summed E-state index contributed by atoms with van der Waals surface area (Å²) in [7, 11) is 0. The number of amidine groups is 1.